The number of rotatable bonds is 9. The molecule has 0 atom stereocenters. The lowest BCUT2D eigenvalue weighted by Crippen LogP contribution is -2.15. The molecule has 164 valence electrons. The van der Waals surface area contributed by atoms with Crippen molar-refractivity contribution in [2.45, 2.75) is 84.5 Å². The highest BCUT2D eigenvalue weighted by molar-refractivity contribution is 5.52. The van der Waals surface area contributed by atoms with E-state index in [1.165, 1.54) is 75.3 Å². The number of hydrogen-bond acceptors (Lipinski definition) is 0. The van der Waals surface area contributed by atoms with Crippen molar-refractivity contribution in [1.82, 2.24) is 0 Å². The molecule has 0 amide bonds. The van der Waals surface area contributed by atoms with Gasteiger partial charge >= 0.3 is 0 Å². The van der Waals surface area contributed by atoms with Crippen molar-refractivity contribution in [3.05, 3.63) is 76.9 Å². The van der Waals surface area contributed by atoms with Crippen molar-refractivity contribution < 1.29 is 0 Å². The molecule has 0 spiro atoms. The second kappa shape index (κ2) is 13.2. The Bertz CT molecular complexity index is 834. The highest BCUT2D eigenvalue weighted by Crippen LogP contribution is 2.34. The van der Waals surface area contributed by atoms with Crippen LogP contribution in [0.2, 0.25) is 0 Å². The first-order valence-corrected chi connectivity index (χ1v) is 12.6. The van der Waals surface area contributed by atoms with Gasteiger partial charge in [-0.1, -0.05) is 113 Å². The smallest absolute Gasteiger partial charge is 0.0249 e. The molecule has 1 fully saturated rings. The maximum absolute atomic E-state index is 3.31. The van der Waals surface area contributed by atoms with E-state index in [0.717, 1.165) is 29.4 Å². The predicted molar refractivity (Wildman–Crippen MR) is 136 cm³/mol. The van der Waals surface area contributed by atoms with Crippen LogP contribution in [0.5, 0.6) is 0 Å². The largest absolute Gasteiger partial charge is 0.0842 e. The zero-order valence-corrected chi connectivity index (χ0v) is 19.7. The minimum atomic E-state index is 0.942. The van der Waals surface area contributed by atoms with Gasteiger partial charge in [-0.15, -0.1) is 0 Å². The Morgan fingerprint density at radius 3 is 1.90 bits per heavy atom. The van der Waals surface area contributed by atoms with Gasteiger partial charge in [-0.3, -0.25) is 0 Å². The fourth-order valence-corrected chi connectivity index (χ4v) is 4.69. The van der Waals surface area contributed by atoms with E-state index in [9.17, 15) is 0 Å². The van der Waals surface area contributed by atoms with Crippen molar-refractivity contribution in [2.75, 3.05) is 0 Å². The van der Waals surface area contributed by atoms with Gasteiger partial charge in [-0.05, 0) is 66.5 Å². The van der Waals surface area contributed by atoms with Crippen molar-refractivity contribution in [2.24, 2.45) is 11.8 Å². The van der Waals surface area contributed by atoms with Crippen LogP contribution in [0.1, 0.15) is 100 Å². The quantitative estimate of drug-likeness (QED) is 0.285. The third kappa shape index (κ3) is 8.41. The SMILES string of the molecule is CC/C=C/c1ccc(C#Cc2ccc(CCC3CCC(CCCCC)CC3)cc2)cc1. The van der Waals surface area contributed by atoms with Crippen LogP contribution in [0, 0.1) is 23.7 Å². The van der Waals surface area contributed by atoms with Crippen LogP contribution in [-0.2, 0) is 6.42 Å². The van der Waals surface area contributed by atoms with Crippen molar-refractivity contribution in [3.8, 4) is 11.8 Å². The van der Waals surface area contributed by atoms with E-state index in [1.54, 1.807) is 0 Å². The summed E-state index contributed by atoms with van der Waals surface area (Å²) in [6, 6.07) is 17.4. The summed E-state index contributed by atoms with van der Waals surface area (Å²) in [5.41, 5.74) is 4.87. The minimum Gasteiger partial charge on any atom is -0.0842 e. The number of benzene rings is 2. The molecule has 1 aliphatic carbocycles. The molecule has 0 saturated heterocycles. The van der Waals surface area contributed by atoms with Gasteiger partial charge in [-0.2, -0.15) is 0 Å². The van der Waals surface area contributed by atoms with Crippen LogP contribution < -0.4 is 0 Å². The summed E-state index contributed by atoms with van der Waals surface area (Å²) >= 11 is 0. The zero-order valence-electron chi connectivity index (χ0n) is 19.7. The Morgan fingerprint density at radius 1 is 0.742 bits per heavy atom. The molecule has 3 rings (SSSR count). The second-order valence-electron chi connectivity index (χ2n) is 9.30. The molecule has 2 aromatic carbocycles. The molecular weight excluding hydrogens is 372 g/mol. The van der Waals surface area contributed by atoms with Crippen LogP contribution in [0.3, 0.4) is 0 Å². The number of unbranched alkanes of at least 4 members (excludes halogenated alkanes) is 2. The Balaban J connectivity index is 1.42. The first-order chi connectivity index (χ1) is 15.3. The lowest BCUT2D eigenvalue weighted by molar-refractivity contribution is 0.249. The number of hydrogen-bond donors (Lipinski definition) is 0. The molecule has 0 heteroatoms. The van der Waals surface area contributed by atoms with Crippen LogP contribution in [0.25, 0.3) is 6.08 Å². The summed E-state index contributed by atoms with van der Waals surface area (Å²) in [4.78, 5) is 0. The van der Waals surface area contributed by atoms with E-state index in [1.807, 2.05) is 0 Å². The van der Waals surface area contributed by atoms with Crippen molar-refractivity contribution in [3.63, 3.8) is 0 Å². The Morgan fingerprint density at radius 2 is 1.32 bits per heavy atom. The van der Waals surface area contributed by atoms with Crippen molar-refractivity contribution in [1.29, 1.82) is 0 Å². The summed E-state index contributed by atoms with van der Waals surface area (Å²) in [5, 5.41) is 0. The van der Waals surface area contributed by atoms with Gasteiger partial charge in [0.1, 0.15) is 0 Å². The summed E-state index contributed by atoms with van der Waals surface area (Å²) < 4.78 is 0. The summed E-state index contributed by atoms with van der Waals surface area (Å²) in [5.74, 6) is 8.57. The van der Waals surface area contributed by atoms with Gasteiger partial charge in [0.2, 0.25) is 0 Å². The first kappa shape index (κ1) is 23.4. The minimum absolute atomic E-state index is 0.942. The van der Waals surface area contributed by atoms with Crippen LogP contribution in [-0.4, -0.2) is 0 Å². The van der Waals surface area contributed by atoms with E-state index < -0.39 is 0 Å². The Labute approximate surface area is 191 Å². The molecule has 0 aromatic heterocycles. The molecule has 0 bridgehead atoms. The first-order valence-electron chi connectivity index (χ1n) is 12.6. The molecule has 0 radical (unpaired) electrons. The summed E-state index contributed by atoms with van der Waals surface area (Å²) in [6.07, 6.45) is 19.5. The Hall–Kier alpha value is -2.26. The molecule has 2 aromatic rings. The van der Waals surface area contributed by atoms with Crippen LogP contribution in [0.4, 0.5) is 0 Å². The third-order valence-electron chi connectivity index (χ3n) is 6.79. The fraction of sp³-hybridized carbons (Fsp3) is 0.484. The number of allylic oxidation sites excluding steroid dienone is 1. The molecule has 0 nitrogen and oxygen atoms in total. The lowest BCUT2D eigenvalue weighted by Gasteiger charge is -2.28. The lowest BCUT2D eigenvalue weighted by atomic mass is 9.78. The average Bonchev–Trinajstić information content (AvgIpc) is 2.82. The molecule has 31 heavy (non-hydrogen) atoms. The van der Waals surface area contributed by atoms with Crippen LogP contribution >= 0.6 is 0 Å². The van der Waals surface area contributed by atoms with Gasteiger partial charge in [0.05, 0.1) is 0 Å². The molecule has 0 heterocycles. The van der Waals surface area contributed by atoms with E-state index in [-0.39, 0.29) is 0 Å². The molecule has 0 N–H and O–H groups in total. The van der Waals surface area contributed by atoms with E-state index in [0.29, 0.717) is 0 Å². The Kier molecular flexibility index (Phi) is 9.98. The van der Waals surface area contributed by atoms with Gasteiger partial charge < -0.3 is 0 Å². The molecule has 1 saturated carbocycles. The normalized spacial score (nSPS) is 18.6. The fourth-order valence-electron chi connectivity index (χ4n) is 4.69. The van der Waals surface area contributed by atoms with Gasteiger partial charge in [0.15, 0.2) is 0 Å². The highest BCUT2D eigenvalue weighted by atomic mass is 14.3. The van der Waals surface area contributed by atoms with Gasteiger partial charge in [0, 0.05) is 11.1 Å². The topological polar surface area (TPSA) is 0 Å². The summed E-state index contributed by atoms with van der Waals surface area (Å²) in [6.45, 7) is 4.46. The maximum Gasteiger partial charge on any atom is 0.0249 e. The average molecular weight is 413 g/mol. The van der Waals surface area contributed by atoms with E-state index in [4.69, 9.17) is 0 Å². The van der Waals surface area contributed by atoms with Gasteiger partial charge in [0.25, 0.3) is 0 Å². The number of aryl methyl sites for hydroxylation is 1. The molecule has 0 unspecified atom stereocenters. The van der Waals surface area contributed by atoms with E-state index in [2.05, 4.69) is 86.4 Å². The zero-order chi connectivity index (χ0) is 21.7. The van der Waals surface area contributed by atoms with Crippen molar-refractivity contribution >= 4 is 6.08 Å². The predicted octanol–water partition coefficient (Wildman–Crippen LogP) is 8.83. The standard InChI is InChI=1S/C31H40/c1-3-5-7-9-27-12-16-29(17-13-27)19-21-31-24-22-30(23-25-31)20-18-28-14-10-26(11-15-28)8-6-4-2/h6,8,10-11,14-15,22-25,27,29H,3-5,7,9,12-13,16-17,19,21H2,1-2H3/b8-6+. The molecule has 0 aliphatic heterocycles. The molecular formula is C31H40. The summed E-state index contributed by atoms with van der Waals surface area (Å²) in [7, 11) is 0. The van der Waals surface area contributed by atoms with E-state index >= 15 is 0 Å². The van der Waals surface area contributed by atoms with Gasteiger partial charge in [-0.25, -0.2) is 0 Å². The maximum atomic E-state index is 3.31. The highest BCUT2D eigenvalue weighted by Gasteiger charge is 2.20. The monoisotopic (exact) mass is 412 g/mol. The third-order valence-corrected chi connectivity index (χ3v) is 6.79. The second-order valence-corrected chi connectivity index (χ2v) is 9.30. The van der Waals surface area contributed by atoms with Crippen LogP contribution in [0.15, 0.2) is 54.6 Å². The molecule has 1 aliphatic rings.